The number of nitrogens with one attached hydrogen (secondary N) is 2. The van der Waals surface area contributed by atoms with Crippen LogP contribution in [0.25, 0.3) is 11.3 Å². The number of carbonyl (C=O) groups is 1. The number of nitrogens with zero attached hydrogens (tertiary/aromatic N) is 1. The smallest absolute Gasteiger partial charge is 0.291 e. The third kappa shape index (κ3) is 2.40. The van der Waals surface area contributed by atoms with Crippen LogP contribution in [0.5, 0.6) is 0 Å². The quantitative estimate of drug-likeness (QED) is 0.753. The highest BCUT2D eigenvalue weighted by atomic mass is 16.3. The van der Waals surface area contributed by atoms with Gasteiger partial charge in [-0.2, -0.15) is 5.10 Å². The maximum Gasteiger partial charge on any atom is 0.291 e. The fourth-order valence-electron chi connectivity index (χ4n) is 1.78. The lowest BCUT2D eigenvalue weighted by atomic mass is 10.1. The lowest BCUT2D eigenvalue weighted by Crippen LogP contribution is -2.10. The Balaban J connectivity index is 1.82. The van der Waals surface area contributed by atoms with Gasteiger partial charge in [0.1, 0.15) is 0 Å². The summed E-state index contributed by atoms with van der Waals surface area (Å²) in [5, 5.41) is 9.56. The highest BCUT2D eigenvalue weighted by molar-refractivity contribution is 6.02. The molecule has 0 saturated carbocycles. The molecule has 2 aromatic heterocycles. The Labute approximate surface area is 109 Å². The van der Waals surface area contributed by atoms with Crippen LogP contribution in [0.1, 0.15) is 10.6 Å². The molecule has 94 valence electrons. The van der Waals surface area contributed by atoms with Crippen molar-refractivity contribution < 1.29 is 9.21 Å². The van der Waals surface area contributed by atoms with Crippen LogP contribution in [0, 0.1) is 0 Å². The number of hydrogen-bond donors (Lipinski definition) is 2. The van der Waals surface area contributed by atoms with Gasteiger partial charge in [-0.3, -0.25) is 9.89 Å². The molecule has 0 bridgehead atoms. The van der Waals surface area contributed by atoms with E-state index in [-0.39, 0.29) is 11.7 Å². The fourth-order valence-corrected chi connectivity index (χ4v) is 1.78. The van der Waals surface area contributed by atoms with Crippen LogP contribution in [0.15, 0.2) is 59.3 Å². The molecule has 0 aliphatic heterocycles. The summed E-state index contributed by atoms with van der Waals surface area (Å²) in [7, 11) is 0. The molecule has 0 fully saturated rings. The first-order chi connectivity index (χ1) is 9.33. The summed E-state index contributed by atoms with van der Waals surface area (Å²) in [6.07, 6.45) is 3.15. The molecule has 0 aliphatic rings. The minimum atomic E-state index is -0.272. The predicted octanol–water partition coefficient (Wildman–Crippen LogP) is 2.92. The summed E-state index contributed by atoms with van der Waals surface area (Å²) in [5.74, 6) is 0.0127. The van der Waals surface area contributed by atoms with Gasteiger partial charge >= 0.3 is 0 Å². The highest BCUT2D eigenvalue weighted by Crippen LogP contribution is 2.20. The number of H-pyrrole nitrogens is 1. The largest absolute Gasteiger partial charge is 0.459 e. The van der Waals surface area contributed by atoms with Gasteiger partial charge < -0.3 is 9.73 Å². The van der Waals surface area contributed by atoms with E-state index in [1.165, 1.54) is 6.26 Å². The number of furan rings is 1. The Morgan fingerprint density at radius 1 is 1.21 bits per heavy atom. The molecule has 2 N–H and O–H groups in total. The van der Waals surface area contributed by atoms with Crippen LogP contribution in [-0.2, 0) is 0 Å². The molecule has 5 heteroatoms. The molecular weight excluding hydrogens is 242 g/mol. The van der Waals surface area contributed by atoms with Crippen LogP contribution < -0.4 is 5.32 Å². The molecule has 3 aromatic rings. The molecule has 3 rings (SSSR count). The molecular formula is C14H11N3O2. The van der Waals surface area contributed by atoms with Gasteiger partial charge in [-0.25, -0.2) is 0 Å². The van der Waals surface area contributed by atoms with Gasteiger partial charge in [0, 0.05) is 17.4 Å². The normalized spacial score (nSPS) is 10.3. The first kappa shape index (κ1) is 11.3. The highest BCUT2D eigenvalue weighted by Gasteiger charge is 2.09. The van der Waals surface area contributed by atoms with E-state index in [4.69, 9.17) is 4.42 Å². The second-order valence-electron chi connectivity index (χ2n) is 3.98. The van der Waals surface area contributed by atoms with Gasteiger partial charge in [0.15, 0.2) is 5.76 Å². The number of benzene rings is 1. The minimum absolute atomic E-state index is 0.272. The Hall–Kier alpha value is -2.82. The van der Waals surface area contributed by atoms with Gasteiger partial charge in [-0.15, -0.1) is 0 Å². The summed E-state index contributed by atoms with van der Waals surface area (Å²) in [6, 6.07) is 12.7. The lowest BCUT2D eigenvalue weighted by molar-refractivity contribution is 0.0996. The van der Waals surface area contributed by atoms with E-state index in [0.29, 0.717) is 5.69 Å². The van der Waals surface area contributed by atoms with E-state index < -0.39 is 0 Å². The van der Waals surface area contributed by atoms with Crippen molar-refractivity contribution in [3.8, 4) is 11.3 Å². The van der Waals surface area contributed by atoms with Crippen molar-refractivity contribution in [2.45, 2.75) is 0 Å². The molecule has 1 aromatic carbocycles. The molecule has 2 heterocycles. The average molecular weight is 253 g/mol. The number of aromatic nitrogens is 2. The predicted molar refractivity (Wildman–Crippen MR) is 70.7 cm³/mol. The standard InChI is InChI=1S/C14H11N3O2/c18-14(13-5-2-8-19-13)16-11-4-1-3-10(9-11)12-6-7-15-17-12/h1-9H,(H,15,17)(H,16,18). The number of anilines is 1. The van der Waals surface area contributed by atoms with E-state index >= 15 is 0 Å². The summed E-state index contributed by atoms with van der Waals surface area (Å²) >= 11 is 0. The van der Waals surface area contributed by atoms with Crippen molar-refractivity contribution in [3.05, 3.63) is 60.7 Å². The monoisotopic (exact) mass is 253 g/mol. The average Bonchev–Trinajstić information content (AvgIpc) is 3.13. The number of carbonyl (C=O) groups excluding carboxylic acids is 1. The van der Waals surface area contributed by atoms with E-state index in [1.54, 1.807) is 18.3 Å². The Kier molecular flexibility index (Phi) is 2.86. The zero-order valence-electron chi connectivity index (χ0n) is 9.96. The van der Waals surface area contributed by atoms with Gasteiger partial charge in [-0.05, 0) is 30.3 Å². The first-order valence-electron chi connectivity index (χ1n) is 5.77. The van der Waals surface area contributed by atoms with Crippen LogP contribution >= 0.6 is 0 Å². The van der Waals surface area contributed by atoms with Crippen molar-refractivity contribution in [2.24, 2.45) is 0 Å². The van der Waals surface area contributed by atoms with Crippen molar-refractivity contribution in [2.75, 3.05) is 5.32 Å². The zero-order valence-corrected chi connectivity index (χ0v) is 9.96. The molecule has 1 amide bonds. The molecule has 0 radical (unpaired) electrons. The first-order valence-corrected chi connectivity index (χ1v) is 5.77. The van der Waals surface area contributed by atoms with Crippen LogP contribution in [0.4, 0.5) is 5.69 Å². The van der Waals surface area contributed by atoms with E-state index in [2.05, 4.69) is 15.5 Å². The molecule has 0 saturated heterocycles. The Bertz CT molecular complexity index is 673. The lowest BCUT2D eigenvalue weighted by Gasteiger charge is -2.05. The molecule has 0 unspecified atom stereocenters. The molecule has 0 spiro atoms. The maximum atomic E-state index is 11.8. The van der Waals surface area contributed by atoms with Gasteiger partial charge in [0.25, 0.3) is 5.91 Å². The maximum absolute atomic E-state index is 11.8. The summed E-state index contributed by atoms with van der Waals surface area (Å²) < 4.78 is 5.04. The van der Waals surface area contributed by atoms with Crippen LogP contribution in [0.3, 0.4) is 0 Å². The number of rotatable bonds is 3. The van der Waals surface area contributed by atoms with Crippen molar-refractivity contribution in [1.29, 1.82) is 0 Å². The second kappa shape index (κ2) is 4.81. The van der Waals surface area contributed by atoms with Crippen molar-refractivity contribution >= 4 is 11.6 Å². The van der Waals surface area contributed by atoms with Gasteiger partial charge in [0.05, 0.1) is 12.0 Å². The second-order valence-corrected chi connectivity index (χ2v) is 3.98. The zero-order chi connectivity index (χ0) is 13.1. The molecule has 19 heavy (non-hydrogen) atoms. The topological polar surface area (TPSA) is 70.9 Å². The van der Waals surface area contributed by atoms with E-state index in [9.17, 15) is 4.79 Å². The van der Waals surface area contributed by atoms with Gasteiger partial charge in [0.2, 0.25) is 0 Å². The summed E-state index contributed by atoms with van der Waals surface area (Å²) in [5.41, 5.74) is 2.55. The third-order valence-electron chi connectivity index (χ3n) is 2.68. The number of hydrogen-bond acceptors (Lipinski definition) is 3. The third-order valence-corrected chi connectivity index (χ3v) is 2.68. The number of amides is 1. The van der Waals surface area contributed by atoms with Gasteiger partial charge in [-0.1, -0.05) is 12.1 Å². The summed E-state index contributed by atoms with van der Waals surface area (Å²) in [6.45, 7) is 0. The van der Waals surface area contributed by atoms with Crippen molar-refractivity contribution in [1.82, 2.24) is 10.2 Å². The molecule has 5 nitrogen and oxygen atoms in total. The van der Waals surface area contributed by atoms with Crippen molar-refractivity contribution in [3.63, 3.8) is 0 Å². The van der Waals surface area contributed by atoms with Crippen LogP contribution in [0.2, 0.25) is 0 Å². The van der Waals surface area contributed by atoms with E-state index in [0.717, 1.165) is 11.3 Å². The number of aromatic amines is 1. The Morgan fingerprint density at radius 2 is 2.16 bits per heavy atom. The molecule has 0 aliphatic carbocycles. The van der Waals surface area contributed by atoms with E-state index in [1.807, 2.05) is 30.3 Å². The fraction of sp³-hybridized carbons (Fsp3) is 0. The van der Waals surface area contributed by atoms with Crippen LogP contribution in [-0.4, -0.2) is 16.1 Å². The summed E-state index contributed by atoms with van der Waals surface area (Å²) in [4.78, 5) is 11.8. The minimum Gasteiger partial charge on any atom is -0.459 e. The SMILES string of the molecule is O=C(Nc1cccc(-c2ccn[nH]2)c1)c1ccco1. The molecule has 0 atom stereocenters. The Morgan fingerprint density at radius 3 is 2.89 bits per heavy atom.